The van der Waals surface area contributed by atoms with Gasteiger partial charge in [-0.25, -0.2) is 0 Å². The van der Waals surface area contributed by atoms with Crippen LogP contribution in [-0.4, -0.2) is 10.8 Å². The van der Waals surface area contributed by atoms with Crippen LogP contribution in [0.3, 0.4) is 0 Å². The molecule has 1 amide bonds. The molecule has 0 saturated carbocycles. The van der Waals surface area contributed by atoms with Crippen molar-refractivity contribution in [3.8, 4) is 0 Å². The molecule has 0 fully saturated rings. The van der Waals surface area contributed by atoms with Gasteiger partial charge in [-0.1, -0.05) is 11.6 Å². The zero-order valence-corrected chi connectivity index (χ0v) is 11.6. The van der Waals surface area contributed by atoms with Crippen LogP contribution in [0.15, 0.2) is 39.4 Å². The molecule has 0 saturated heterocycles. The van der Waals surface area contributed by atoms with E-state index in [4.69, 9.17) is 16.0 Å². The summed E-state index contributed by atoms with van der Waals surface area (Å²) in [4.78, 5) is 21.9. The largest absolute Gasteiger partial charge is 0.444 e. The van der Waals surface area contributed by atoms with Gasteiger partial charge in [0.2, 0.25) is 0 Å². The zero-order chi connectivity index (χ0) is 14.0. The topological polar surface area (TPSA) is 85.4 Å². The number of carbonyl (C=O) groups is 1. The molecule has 0 radical (unpaired) electrons. The number of nitrogens with one attached hydrogen (secondary N) is 1. The van der Waals surface area contributed by atoms with Crippen molar-refractivity contribution in [2.45, 2.75) is 0 Å². The Morgan fingerprint density at radius 3 is 2.68 bits per heavy atom. The SMILES string of the molecule is O=C(Nc1cc([N+](=O)[O-])ccc1Cl)c1ccc(Br)o1. The molecule has 0 bridgehead atoms. The Morgan fingerprint density at radius 2 is 2.11 bits per heavy atom. The number of nitro benzene ring substituents is 1. The van der Waals surface area contributed by atoms with Crippen LogP contribution in [0.4, 0.5) is 11.4 Å². The maximum Gasteiger partial charge on any atom is 0.291 e. The van der Waals surface area contributed by atoms with Gasteiger partial charge in [-0.15, -0.1) is 0 Å². The number of halogens is 2. The van der Waals surface area contributed by atoms with E-state index in [1.165, 1.54) is 24.3 Å². The highest BCUT2D eigenvalue weighted by Gasteiger charge is 2.15. The smallest absolute Gasteiger partial charge is 0.291 e. The third-order valence-electron chi connectivity index (χ3n) is 2.21. The fourth-order valence-electron chi connectivity index (χ4n) is 1.34. The molecule has 0 spiro atoms. The monoisotopic (exact) mass is 344 g/mol. The zero-order valence-electron chi connectivity index (χ0n) is 9.22. The van der Waals surface area contributed by atoms with Crippen LogP contribution in [0.5, 0.6) is 0 Å². The van der Waals surface area contributed by atoms with Crippen molar-refractivity contribution in [3.05, 3.63) is 55.9 Å². The first-order chi connectivity index (χ1) is 8.97. The Morgan fingerprint density at radius 1 is 1.37 bits per heavy atom. The molecule has 0 unspecified atom stereocenters. The van der Waals surface area contributed by atoms with E-state index >= 15 is 0 Å². The Kier molecular flexibility index (Phi) is 3.87. The van der Waals surface area contributed by atoms with E-state index in [2.05, 4.69) is 21.2 Å². The Labute approximate surface area is 120 Å². The van der Waals surface area contributed by atoms with Gasteiger partial charge in [0.15, 0.2) is 10.4 Å². The molecule has 98 valence electrons. The van der Waals surface area contributed by atoms with Crippen LogP contribution in [0.25, 0.3) is 0 Å². The Hall–Kier alpha value is -1.86. The van der Waals surface area contributed by atoms with Gasteiger partial charge in [0.1, 0.15) is 0 Å². The molecule has 0 aliphatic carbocycles. The van der Waals surface area contributed by atoms with Gasteiger partial charge < -0.3 is 9.73 Å². The molecule has 8 heteroatoms. The van der Waals surface area contributed by atoms with Gasteiger partial charge in [-0.3, -0.25) is 14.9 Å². The summed E-state index contributed by atoms with van der Waals surface area (Å²) in [6.07, 6.45) is 0. The third-order valence-corrected chi connectivity index (χ3v) is 2.96. The molecule has 2 aromatic rings. The molecule has 1 aromatic heterocycles. The normalized spacial score (nSPS) is 10.2. The van der Waals surface area contributed by atoms with Gasteiger partial charge in [0.05, 0.1) is 15.6 Å². The average molecular weight is 346 g/mol. The second kappa shape index (κ2) is 5.41. The number of hydrogen-bond donors (Lipinski definition) is 1. The molecule has 1 aromatic carbocycles. The highest BCUT2D eigenvalue weighted by molar-refractivity contribution is 9.10. The maximum absolute atomic E-state index is 11.8. The summed E-state index contributed by atoms with van der Waals surface area (Å²) in [5, 5.41) is 13.3. The quantitative estimate of drug-likeness (QED) is 0.676. The lowest BCUT2D eigenvalue weighted by Gasteiger charge is -2.05. The number of amides is 1. The first-order valence-corrected chi connectivity index (χ1v) is 6.15. The summed E-state index contributed by atoms with van der Waals surface area (Å²) in [7, 11) is 0. The lowest BCUT2D eigenvalue weighted by molar-refractivity contribution is -0.384. The van der Waals surface area contributed by atoms with E-state index in [-0.39, 0.29) is 22.2 Å². The van der Waals surface area contributed by atoms with E-state index in [0.29, 0.717) is 4.67 Å². The lowest BCUT2D eigenvalue weighted by Crippen LogP contribution is -2.11. The molecule has 1 N–H and O–H groups in total. The fourth-order valence-corrected chi connectivity index (χ4v) is 1.81. The average Bonchev–Trinajstić information content (AvgIpc) is 2.78. The highest BCUT2D eigenvalue weighted by Crippen LogP contribution is 2.27. The fraction of sp³-hybridized carbons (Fsp3) is 0. The van der Waals surface area contributed by atoms with E-state index < -0.39 is 10.8 Å². The standard InChI is InChI=1S/C11H6BrClN2O4/c12-10-4-3-9(19-10)11(16)14-8-5-6(15(17)18)1-2-7(8)13/h1-5H,(H,14,16). The van der Waals surface area contributed by atoms with Crippen molar-refractivity contribution in [2.24, 2.45) is 0 Å². The van der Waals surface area contributed by atoms with Crippen molar-refractivity contribution in [2.75, 3.05) is 5.32 Å². The summed E-state index contributed by atoms with van der Waals surface area (Å²) >= 11 is 8.93. The second-order valence-electron chi connectivity index (χ2n) is 3.48. The predicted molar refractivity (Wildman–Crippen MR) is 72.5 cm³/mol. The molecular formula is C11H6BrClN2O4. The van der Waals surface area contributed by atoms with Crippen molar-refractivity contribution in [3.63, 3.8) is 0 Å². The van der Waals surface area contributed by atoms with E-state index in [9.17, 15) is 14.9 Å². The van der Waals surface area contributed by atoms with Gasteiger partial charge in [-0.05, 0) is 34.1 Å². The van der Waals surface area contributed by atoms with Crippen LogP contribution in [-0.2, 0) is 0 Å². The Bertz CT molecular complexity index is 656. The minimum absolute atomic E-state index is 0.0643. The van der Waals surface area contributed by atoms with Crippen LogP contribution in [0, 0.1) is 10.1 Å². The van der Waals surface area contributed by atoms with Crippen LogP contribution in [0.2, 0.25) is 5.02 Å². The molecule has 0 aliphatic rings. The van der Waals surface area contributed by atoms with Crippen LogP contribution in [0.1, 0.15) is 10.6 Å². The molecule has 2 rings (SSSR count). The van der Waals surface area contributed by atoms with Gasteiger partial charge in [0, 0.05) is 12.1 Å². The van der Waals surface area contributed by atoms with E-state index in [0.717, 1.165) is 0 Å². The molecule has 6 nitrogen and oxygen atoms in total. The van der Waals surface area contributed by atoms with E-state index in [1.54, 1.807) is 6.07 Å². The molecule has 1 heterocycles. The predicted octanol–water partition coefficient (Wildman–Crippen LogP) is 3.86. The molecule has 0 atom stereocenters. The number of non-ortho nitro benzene ring substituents is 1. The Balaban J connectivity index is 2.25. The highest BCUT2D eigenvalue weighted by atomic mass is 79.9. The van der Waals surface area contributed by atoms with Crippen molar-refractivity contribution >= 4 is 44.8 Å². The summed E-state index contributed by atoms with van der Waals surface area (Å²) < 4.78 is 5.47. The summed E-state index contributed by atoms with van der Waals surface area (Å²) in [6.45, 7) is 0. The van der Waals surface area contributed by atoms with E-state index in [1.807, 2.05) is 0 Å². The minimum Gasteiger partial charge on any atom is -0.444 e. The number of nitro groups is 1. The number of anilines is 1. The number of carbonyl (C=O) groups excluding carboxylic acids is 1. The van der Waals surface area contributed by atoms with Gasteiger partial charge >= 0.3 is 0 Å². The summed E-state index contributed by atoms with van der Waals surface area (Å²) in [5.74, 6) is -0.484. The van der Waals surface area contributed by atoms with Crippen molar-refractivity contribution in [1.29, 1.82) is 0 Å². The molecule has 19 heavy (non-hydrogen) atoms. The number of rotatable bonds is 3. The van der Waals surface area contributed by atoms with Crippen molar-refractivity contribution in [1.82, 2.24) is 0 Å². The molecule has 0 aliphatic heterocycles. The number of furan rings is 1. The van der Waals surface area contributed by atoms with Crippen LogP contribution >= 0.6 is 27.5 Å². The maximum atomic E-state index is 11.8. The summed E-state index contributed by atoms with van der Waals surface area (Å²) in [6, 6.07) is 6.79. The number of benzene rings is 1. The summed E-state index contributed by atoms with van der Waals surface area (Å²) in [5.41, 5.74) is -0.0197. The lowest BCUT2D eigenvalue weighted by atomic mass is 10.2. The first-order valence-electron chi connectivity index (χ1n) is 4.98. The third kappa shape index (κ3) is 3.12. The second-order valence-corrected chi connectivity index (χ2v) is 4.67. The van der Waals surface area contributed by atoms with Gasteiger partial charge in [-0.2, -0.15) is 0 Å². The van der Waals surface area contributed by atoms with Crippen LogP contribution < -0.4 is 5.32 Å². The van der Waals surface area contributed by atoms with Crippen molar-refractivity contribution < 1.29 is 14.1 Å². The minimum atomic E-state index is -0.574. The molecular weight excluding hydrogens is 339 g/mol. The van der Waals surface area contributed by atoms with Gasteiger partial charge in [0.25, 0.3) is 11.6 Å². The number of hydrogen-bond acceptors (Lipinski definition) is 4. The first kappa shape index (κ1) is 13.6. The number of nitrogens with zero attached hydrogens (tertiary/aromatic N) is 1.